The minimum absolute atomic E-state index is 0.0830. The van der Waals surface area contributed by atoms with Crippen molar-refractivity contribution in [1.82, 2.24) is 10.2 Å². The average Bonchev–Trinajstić information content (AvgIpc) is 2.44. The van der Waals surface area contributed by atoms with E-state index in [-0.39, 0.29) is 5.54 Å². The van der Waals surface area contributed by atoms with Crippen LogP contribution >= 0.6 is 0 Å². The number of nitrogens with zero attached hydrogens (tertiary/aromatic N) is 1. The van der Waals surface area contributed by atoms with E-state index in [1.807, 2.05) is 0 Å². The molecule has 1 aromatic carbocycles. The molecule has 2 nitrogen and oxygen atoms in total. The number of benzene rings is 1. The fraction of sp³-hybridized carbons (Fsp3) is 0.667. The first-order chi connectivity index (χ1) is 9.55. The average molecular weight is 274 g/mol. The predicted octanol–water partition coefficient (Wildman–Crippen LogP) is 3.63. The number of hydrogen-bond donors (Lipinski definition) is 1. The Kier molecular flexibility index (Phi) is 5.22. The Labute approximate surface area is 124 Å². The molecule has 2 rings (SSSR count). The van der Waals surface area contributed by atoms with Crippen molar-refractivity contribution in [3.8, 4) is 0 Å². The second-order valence-electron chi connectivity index (χ2n) is 6.75. The minimum Gasteiger partial charge on any atom is -0.305 e. The van der Waals surface area contributed by atoms with Gasteiger partial charge in [-0.15, -0.1) is 0 Å². The quantitative estimate of drug-likeness (QED) is 0.882. The largest absolute Gasteiger partial charge is 0.305 e. The van der Waals surface area contributed by atoms with E-state index in [2.05, 4.69) is 68.2 Å². The zero-order valence-electron chi connectivity index (χ0n) is 13.5. The molecule has 1 aliphatic heterocycles. The van der Waals surface area contributed by atoms with Crippen LogP contribution in [0.15, 0.2) is 30.3 Å². The molecule has 0 radical (unpaired) electrons. The predicted molar refractivity (Wildman–Crippen MR) is 86.9 cm³/mol. The number of piperazine rings is 1. The molecule has 0 aromatic heterocycles. The Bertz CT molecular complexity index is 403. The van der Waals surface area contributed by atoms with E-state index in [1.54, 1.807) is 0 Å². The molecule has 0 aliphatic carbocycles. The van der Waals surface area contributed by atoms with Crippen molar-refractivity contribution < 1.29 is 0 Å². The van der Waals surface area contributed by atoms with Crippen molar-refractivity contribution in [3.05, 3.63) is 35.9 Å². The fourth-order valence-electron chi connectivity index (χ4n) is 3.35. The first-order valence-electron chi connectivity index (χ1n) is 8.09. The summed E-state index contributed by atoms with van der Waals surface area (Å²) in [5, 5.41) is 3.76. The van der Waals surface area contributed by atoms with E-state index in [4.69, 9.17) is 0 Å². The molecule has 3 unspecified atom stereocenters. The molecular weight excluding hydrogens is 244 g/mol. The Morgan fingerprint density at radius 1 is 1.35 bits per heavy atom. The van der Waals surface area contributed by atoms with Crippen LogP contribution in [0.25, 0.3) is 0 Å². The number of nitrogens with one attached hydrogen (secondary N) is 1. The number of hydrogen-bond acceptors (Lipinski definition) is 2. The van der Waals surface area contributed by atoms with Gasteiger partial charge < -0.3 is 5.32 Å². The molecule has 0 amide bonds. The van der Waals surface area contributed by atoms with Crippen molar-refractivity contribution in [2.75, 3.05) is 19.6 Å². The topological polar surface area (TPSA) is 15.3 Å². The first kappa shape index (κ1) is 15.5. The van der Waals surface area contributed by atoms with Gasteiger partial charge in [0, 0.05) is 25.7 Å². The van der Waals surface area contributed by atoms with Crippen LogP contribution < -0.4 is 5.32 Å². The molecule has 1 aromatic rings. The molecule has 0 bridgehead atoms. The van der Waals surface area contributed by atoms with Gasteiger partial charge in [0.25, 0.3) is 0 Å². The van der Waals surface area contributed by atoms with E-state index in [0.717, 1.165) is 19.0 Å². The highest BCUT2D eigenvalue weighted by Crippen LogP contribution is 2.27. The summed E-state index contributed by atoms with van der Waals surface area (Å²) in [6, 6.07) is 11.5. The summed E-state index contributed by atoms with van der Waals surface area (Å²) in [6.45, 7) is 12.8. The summed E-state index contributed by atoms with van der Waals surface area (Å²) >= 11 is 0. The lowest BCUT2D eigenvalue weighted by Gasteiger charge is -2.46. The van der Waals surface area contributed by atoms with E-state index in [0.29, 0.717) is 6.04 Å². The van der Waals surface area contributed by atoms with Crippen LogP contribution in [0.5, 0.6) is 0 Å². The van der Waals surface area contributed by atoms with Gasteiger partial charge in [-0.05, 0) is 31.7 Å². The van der Waals surface area contributed by atoms with E-state index >= 15 is 0 Å². The van der Waals surface area contributed by atoms with Crippen LogP contribution in [0.1, 0.15) is 46.1 Å². The van der Waals surface area contributed by atoms with Gasteiger partial charge in [-0.2, -0.15) is 0 Å². The molecule has 1 heterocycles. The molecule has 2 heteroatoms. The Balaban J connectivity index is 2.07. The molecule has 1 saturated heterocycles. The van der Waals surface area contributed by atoms with Gasteiger partial charge >= 0.3 is 0 Å². The summed E-state index contributed by atoms with van der Waals surface area (Å²) < 4.78 is 0. The molecule has 0 spiro atoms. The van der Waals surface area contributed by atoms with Crippen LogP contribution in [0.4, 0.5) is 0 Å². The summed E-state index contributed by atoms with van der Waals surface area (Å²) in [5.74, 6) is 0.792. The summed E-state index contributed by atoms with van der Waals surface area (Å²) in [4.78, 5) is 2.67. The van der Waals surface area contributed by atoms with Crippen molar-refractivity contribution >= 4 is 0 Å². The maximum atomic E-state index is 3.76. The fourth-order valence-corrected chi connectivity index (χ4v) is 3.35. The third-order valence-corrected chi connectivity index (χ3v) is 4.67. The third-order valence-electron chi connectivity index (χ3n) is 4.67. The van der Waals surface area contributed by atoms with Gasteiger partial charge in [0.2, 0.25) is 0 Å². The van der Waals surface area contributed by atoms with Crippen LogP contribution in [0.2, 0.25) is 0 Å². The third kappa shape index (κ3) is 3.62. The first-order valence-corrected chi connectivity index (χ1v) is 8.09. The second kappa shape index (κ2) is 6.73. The van der Waals surface area contributed by atoms with Gasteiger partial charge in [0.1, 0.15) is 0 Å². The van der Waals surface area contributed by atoms with Crippen molar-refractivity contribution in [1.29, 1.82) is 0 Å². The van der Waals surface area contributed by atoms with Crippen LogP contribution in [0.3, 0.4) is 0 Å². The molecular formula is C18H30N2. The van der Waals surface area contributed by atoms with Crippen LogP contribution in [-0.4, -0.2) is 30.6 Å². The van der Waals surface area contributed by atoms with Crippen LogP contribution in [0, 0.1) is 5.92 Å². The van der Waals surface area contributed by atoms with Crippen molar-refractivity contribution in [3.63, 3.8) is 0 Å². The monoisotopic (exact) mass is 274 g/mol. The highest BCUT2D eigenvalue weighted by molar-refractivity contribution is 5.25. The summed E-state index contributed by atoms with van der Waals surface area (Å²) in [5.41, 5.74) is 1.49. The smallest absolute Gasteiger partial charge is 0.0535 e. The standard InChI is InChI=1S/C18H30N2/c1-5-9-15(2)13-20-14-18(4,19-12-16(20)3)17-10-7-6-8-11-17/h6-8,10-11,15-16,19H,5,9,12-14H2,1-4H3. The lowest BCUT2D eigenvalue weighted by Crippen LogP contribution is -2.60. The van der Waals surface area contributed by atoms with Crippen molar-refractivity contribution in [2.24, 2.45) is 5.92 Å². The highest BCUT2D eigenvalue weighted by Gasteiger charge is 2.35. The van der Waals surface area contributed by atoms with E-state index < -0.39 is 0 Å². The van der Waals surface area contributed by atoms with Gasteiger partial charge in [-0.1, -0.05) is 50.6 Å². The Morgan fingerprint density at radius 2 is 2.05 bits per heavy atom. The molecule has 1 aliphatic rings. The van der Waals surface area contributed by atoms with E-state index in [9.17, 15) is 0 Å². The zero-order valence-corrected chi connectivity index (χ0v) is 13.5. The molecule has 1 N–H and O–H groups in total. The summed E-state index contributed by atoms with van der Waals surface area (Å²) in [7, 11) is 0. The molecule has 112 valence electrons. The Morgan fingerprint density at radius 3 is 2.70 bits per heavy atom. The SMILES string of the molecule is CCCC(C)CN1CC(C)(c2ccccc2)NCC1C. The maximum absolute atomic E-state index is 3.76. The van der Waals surface area contributed by atoms with Gasteiger partial charge in [0.15, 0.2) is 0 Å². The highest BCUT2D eigenvalue weighted by atomic mass is 15.2. The molecule has 1 fully saturated rings. The molecule has 0 saturated carbocycles. The summed E-state index contributed by atoms with van der Waals surface area (Å²) in [6.07, 6.45) is 2.62. The minimum atomic E-state index is 0.0830. The van der Waals surface area contributed by atoms with E-state index in [1.165, 1.54) is 24.9 Å². The van der Waals surface area contributed by atoms with Crippen LogP contribution in [-0.2, 0) is 5.54 Å². The molecule has 20 heavy (non-hydrogen) atoms. The second-order valence-corrected chi connectivity index (χ2v) is 6.75. The Hall–Kier alpha value is -0.860. The maximum Gasteiger partial charge on any atom is 0.0535 e. The van der Waals surface area contributed by atoms with Gasteiger partial charge in [0.05, 0.1) is 5.54 Å². The van der Waals surface area contributed by atoms with Gasteiger partial charge in [-0.25, -0.2) is 0 Å². The normalized spacial score (nSPS) is 29.3. The lowest BCUT2D eigenvalue weighted by atomic mass is 9.88. The lowest BCUT2D eigenvalue weighted by molar-refractivity contribution is 0.0798. The van der Waals surface area contributed by atoms with Crippen molar-refractivity contribution in [2.45, 2.75) is 52.1 Å². The number of rotatable bonds is 5. The molecule has 3 atom stereocenters. The van der Waals surface area contributed by atoms with Gasteiger partial charge in [-0.3, -0.25) is 4.90 Å². The zero-order chi connectivity index (χ0) is 14.6.